The van der Waals surface area contributed by atoms with Crippen molar-refractivity contribution in [3.63, 3.8) is 0 Å². The van der Waals surface area contributed by atoms with Crippen LogP contribution in [-0.4, -0.2) is 11.4 Å². The third-order valence-electron chi connectivity index (χ3n) is 3.19. The zero-order chi connectivity index (χ0) is 14.8. The highest BCUT2D eigenvalue weighted by Crippen LogP contribution is 2.27. The summed E-state index contributed by atoms with van der Waals surface area (Å²) in [5, 5.41) is 3.14. The van der Waals surface area contributed by atoms with Crippen molar-refractivity contribution in [1.82, 2.24) is 5.32 Å². The minimum Gasteiger partial charge on any atom is -0.347 e. The van der Waals surface area contributed by atoms with Crippen LogP contribution in [0, 0.1) is 19.3 Å². The van der Waals surface area contributed by atoms with E-state index in [4.69, 9.17) is 0 Å². The van der Waals surface area contributed by atoms with Crippen LogP contribution in [0.1, 0.15) is 62.5 Å². The molecule has 0 fully saturated rings. The van der Waals surface area contributed by atoms with E-state index < -0.39 is 0 Å². The van der Waals surface area contributed by atoms with Crippen LogP contribution in [0.5, 0.6) is 0 Å². The van der Waals surface area contributed by atoms with Gasteiger partial charge < -0.3 is 5.32 Å². The van der Waals surface area contributed by atoms with Crippen molar-refractivity contribution in [2.75, 3.05) is 0 Å². The van der Waals surface area contributed by atoms with Crippen LogP contribution in [0.15, 0.2) is 18.2 Å². The van der Waals surface area contributed by atoms with Gasteiger partial charge in [0.05, 0.1) is 0 Å². The summed E-state index contributed by atoms with van der Waals surface area (Å²) in [6, 6.07) is 5.85. The average Bonchev–Trinajstić information content (AvgIpc) is 2.17. The van der Waals surface area contributed by atoms with Gasteiger partial charge in [-0.3, -0.25) is 4.79 Å². The number of aryl methyl sites for hydroxylation is 2. The van der Waals surface area contributed by atoms with Crippen molar-refractivity contribution < 1.29 is 4.79 Å². The van der Waals surface area contributed by atoms with Crippen LogP contribution in [0.4, 0.5) is 0 Å². The van der Waals surface area contributed by atoms with Gasteiger partial charge in [-0.25, -0.2) is 0 Å². The van der Waals surface area contributed by atoms with Gasteiger partial charge in [-0.2, -0.15) is 0 Å². The second-order valence-corrected chi connectivity index (χ2v) is 7.37. The summed E-state index contributed by atoms with van der Waals surface area (Å²) in [4.78, 5) is 12.3. The van der Waals surface area contributed by atoms with Gasteiger partial charge in [0.2, 0.25) is 0 Å². The third kappa shape index (κ3) is 5.06. The molecule has 1 aromatic rings. The molecule has 0 aliphatic carbocycles. The van der Waals surface area contributed by atoms with Gasteiger partial charge in [0, 0.05) is 11.1 Å². The van der Waals surface area contributed by atoms with Crippen LogP contribution in [0.3, 0.4) is 0 Å². The minimum absolute atomic E-state index is 0.0114. The van der Waals surface area contributed by atoms with Gasteiger partial charge in [0.25, 0.3) is 5.91 Å². The van der Waals surface area contributed by atoms with Crippen molar-refractivity contribution in [2.24, 2.45) is 5.41 Å². The molecule has 106 valence electrons. The lowest BCUT2D eigenvalue weighted by molar-refractivity contribution is 0.0891. The molecule has 0 saturated carbocycles. The van der Waals surface area contributed by atoms with Crippen molar-refractivity contribution in [3.8, 4) is 0 Å². The maximum Gasteiger partial charge on any atom is 0.251 e. The SMILES string of the molecule is Cc1ccc(C(=O)NC(C)(C)CC(C)(C)C)cc1C. The van der Waals surface area contributed by atoms with Crippen LogP contribution >= 0.6 is 0 Å². The topological polar surface area (TPSA) is 29.1 Å². The standard InChI is InChI=1S/C17H27NO/c1-12-8-9-14(10-13(12)2)15(19)18-17(6,7)11-16(3,4)5/h8-10H,11H2,1-7H3,(H,18,19). The summed E-state index contributed by atoms with van der Waals surface area (Å²) in [5.74, 6) is 0.0114. The molecule has 0 aromatic heterocycles. The highest BCUT2D eigenvalue weighted by atomic mass is 16.1. The van der Waals surface area contributed by atoms with Crippen molar-refractivity contribution in [2.45, 2.75) is 60.4 Å². The summed E-state index contributed by atoms with van der Waals surface area (Å²) >= 11 is 0. The van der Waals surface area contributed by atoms with E-state index in [-0.39, 0.29) is 16.9 Å². The molecule has 0 heterocycles. The molecule has 0 spiro atoms. The normalized spacial score (nSPS) is 12.4. The Bertz CT molecular complexity index is 467. The van der Waals surface area contributed by atoms with E-state index >= 15 is 0 Å². The molecule has 0 atom stereocenters. The number of benzene rings is 1. The Labute approximate surface area is 117 Å². The van der Waals surface area contributed by atoms with E-state index in [9.17, 15) is 4.79 Å². The first kappa shape index (κ1) is 15.7. The molecule has 0 saturated heterocycles. The Hall–Kier alpha value is -1.31. The first-order valence-corrected chi connectivity index (χ1v) is 6.90. The maximum atomic E-state index is 12.3. The Morgan fingerprint density at radius 1 is 1.05 bits per heavy atom. The zero-order valence-corrected chi connectivity index (χ0v) is 13.3. The number of hydrogen-bond acceptors (Lipinski definition) is 1. The number of carbonyl (C=O) groups excluding carboxylic acids is 1. The van der Waals surface area contributed by atoms with Gasteiger partial charge >= 0.3 is 0 Å². The fraction of sp³-hybridized carbons (Fsp3) is 0.588. The second-order valence-electron chi connectivity index (χ2n) is 7.37. The summed E-state index contributed by atoms with van der Waals surface area (Å²) in [6.45, 7) is 14.8. The van der Waals surface area contributed by atoms with Gasteiger partial charge in [-0.05, 0) is 62.8 Å². The van der Waals surface area contributed by atoms with Gasteiger partial charge in [0.1, 0.15) is 0 Å². The maximum absolute atomic E-state index is 12.3. The Morgan fingerprint density at radius 2 is 1.63 bits per heavy atom. The Morgan fingerprint density at radius 3 is 2.11 bits per heavy atom. The molecule has 1 rings (SSSR count). The van der Waals surface area contributed by atoms with Gasteiger partial charge in [0.15, 0.2) is 0 Å². The number of carbonyl (C=O) groups is 1. The summed E-state index contributed by atoms with van der Waals surface area (Å²) in [7, 11) is 0. The molecule has 0 aliphatic rings. The first-order chi connectivity index (χ1) is 8.50. The van der Waals surface area contributed by atoms with Crippen molar-refractivity contribution >= 4 is 5.91 Å². The van der Waals surface area contributed by atoms with E-state index in [0.717, 1.165) is 17.5 Å². The van der Waals surface area contributed by atoms with Crippen LogP contribution < -0.4 is 5.32 Å². The lowest BCUT2D eigenvalue weighted by atomic mass is 9.81. The quantitative estimate of drug-likeness (QED) is 0.866. The molecule has 1 N–H and O–H groups in total. The van der Waals surface area contributed by atoms with E-state index in [1.165, 1.54) is 5.56 Å². The lowest BCUT2D eigenvalue weighted by Gasteiger charge is -2.33. The molecule has 1 aromatic carbocycles. The predicted molar refractivity (Wildman–Crippen MR) is 81.5 cm³/mol. The fourth-order valence-corrected chi connectivity index (χ4v) is 2.63. The van der Waals surface area contributed by atoms with E-state index in [2.05, 4.69) is 46.9 Å². The number of nitrogens with one attached hydrogen (secondary N) is 1. The Balaban J connectivity index is 2.81. The van der Waals surface area contributed by atoms with E-state index in [0.29, 0.717) is 0 Å². The van der Waals surface area contributed by atoms with E-state index in [1.54, 1.807) is 0 Å². The smallest absolute Gasteiger partial charge is 0.251 e. The minimum atomic E-state index is -0.200. The lowest BCUT2D eigenvalue weighted by Crippen LogP contribution is -2.45. The first-order valence-electron chi connectivity index (χ1n) is 6.90. The molecular formula is C17H27NO. The summed E-state index contributed by atoms with van der Waals surface area (Å²) in [6.07, 6.45) is 0.941. The van der Waals surface area contributed by atoms with Crippen LogP contribution in [-0.2, 0) is 0 Å². The number of hydrogen-bond donors (Lipinski definition) is 1. The highest BCUT2D eigenvalue weighted by molar-refractivity contribution is 5.94. The van der Waals surface area contributed by atoms with Crippen LogP contribution in [0.2, 0.25) is 0 Å². The molecule has 2 heteroatoms. The van der Waals surface area contributed by atoms with Crippen molar-refractivity contribution in [3.05, 3.63) is 34.9 Å². The molecule has 0 bridgehead atoms. The van der Waals surface area contributed by atoms with Gasteiger partial charge in [-0.15, -0.1) is 0 Å². The summed E-state index contributed by atoms with van der Waals surface area (Å²) in [5.41, 5.74) is 3.10. The molecule has 19 heavy (non-hydrogen) atoms. The predicted octanol–water partition coefficient (Wildman–Crippen LogP) is 4.25. The monoisotopic (exact) mass is 261 g/mol. The van der Waals surface area contributed by atoms with Crippen LogP contribution in [0.25, 0.3) is 0 Å². The largest absolute Gasteiger partial charge is 0.347 e. The molecular weight excluding hydrogens is 234 g/mol. The highest BCUT2D eigenvalue weighted by Gasteiger charge is 2.27. The third-order valence-corrected chi connectivity index (χ3v) is 3.19. The number of amides is 1. The van der Waals surface area contributed by atoms with E-state index in [1.807, 2.05) is 25.1 Å². The molecule has 0 aliphatic heterocycles. The van der Waals surface area contributed by atoms with Crippen molar-refractivity contribution in [1.29, 1.82) is 0 Å². The second kappa shape index (κ2) is 5.36. The Kier molecular flexibility index (Phi) is 4.44. The number of rotatable bonds is 3. The molecule has 0 unspecified atom stereocenters. The molecule has 0 radical (unpaired) electrons. The molecule has 1 amide bonds. The zero-order valence-electron chi connectivity index (χ0n) is 13.3. The summed E-state index contributed by atoms with van der Waals surface area (Å²) < 4.78 is 0. The average molecular weight is 261 g/mol. The molecule has 2 nitrogen and oxygen atoms in total. The fourth-order valence-electron chi connectivity index (χ4n) is 2.63. The van der Waals surface area contributed by atoms with Gasteiger partial charge in [-0.1, -0.05) is 26.8 Å².